The first kappa shape index (κ1) is 13.6. The van der Waals surface area contributed by atoms with E-state index in [2.05, 4.69) is 25.1 Å². The van der Waals surface area contributed by atoms with E-state index in [0.29, 0.717) is 11.6 Å². The Bertz CT molecular complexity index is 598. The molecule has 0 radical (unpaired) electrons. The molecule has 0 amide bonds. The van der Waals surface area contributed by atoms with E-state index in [1.54, 1.807) is 17.9 Å². The topological polar surface area (TPSA) is 81.9 Å². The van der Waals surface area contributed by atoms with Gasteiger partial charge in [0, 0.05) is 14.1 Å². The lowest BCUT2D eigenvalue weighted by molar-refractivity contribution is -0.137. The number of rotatable bonds is 5. The minimum absolute atomic E-state index is 0.250. The molecule has 1 N–H and O–H groups in total. The number of aryl methyl sites for hydroxylation is 1. The maximum atomic E-state index is 11.0. The molecule has 7 nitrogen and oxygen atoms in total. The zero-order valence-electron chi connectivity index (χ0n) is 11.0. The highest BCUT2D eigenvalue weighted by molar-refractivity contribution is 7.99. The Morgan fingerprint density at radius 2 is 2.32 bits per heavy atom. The maximum Gasteiger partial charge on any atom is 0.315 e. The van der Waals surface area contributed by atoms with Crippen LogP contribution in [0.3, 0.4) is 0 Å². The number of carbonyl (C=O) groups is 1. The molecular weight excluding hydrogens is 266 g/mol. The van der Waals surface area contributed by atoms with Gasteiger partial charge in [0.25, 0.3) is 0 Å². The molecule has 0 aliphatic rings. The van der Waals surface area contributed by atoms with Crippen molar-refractivity contribution in [3.8, 4) is 0 Å². The van der Waals surface area contributed by atoms with E-state index in [4.69, 9.17) is 0 Å². The lowest BCUT2D eigenvalue weighted by Gasteiger charge is -2.05. The van der Waals surface area contributed by atoms with Crippen molar-refractivity contribution in [1.29, 1.82) is 0 Å². The van der Waals surface area contributed by atoms with Gasteiger partial charge in [-0.3, -0.25) is 9.48 Å². The average molecular weight is 281 g/mol. The van der Waals surface area contributed by atoms with E-state index in [0.717, 1.165) is 16.9 Å². The molecule has 2 rings (SSSR count). The second-order valence-corrected chi connectivity index (χ2v) is 4.80. The number of carbonyl (C=O) groups excluding carboxylic acids is 1. The van der Waals surface area contributed by atoms with Gasteiger partial charge < -0.3 is 10.1 Å². The highest BCUT2D eigenvalue weighted by atomic mass is 32.2. The lowest BCUT2D eigenvalue weighted by Crippen LogP contribution is -2.05. The Kier molecular flexibility index (Phi) is 4.20. The van der Waals surface area contributed by atoms with Crippen LogP contribution in [0.25, 0.3) is 11.0 Å². The van der Waals surface area contributed by atoms with Crippen molar-refractivity contribution >= 4 is 34.6 Å². The summed E-state index contributed by atoms with van der Waals surface area (Å²) >= 11 is 1.42. The van der Waals surface area contributed by atoms with Crippen LogP contribution >= 0.6 is 11.8 Å². The van der Waals surface area contributed by atoms with Gasteiger partial charge in [0.2, 0.25) is 0 Å². The van der Waals surface area contributed by atoms with Gasteiger partial charge in [0.05, 0.1) is 30.2 Å². The summed E-state index contributed by atoms with van der Waals surface area (Å²) < 4.78 is 6.28. The molecule has 2 aromatic heterocycles. The second kappa shape index (κ2) is 5.87. The summed E-state index contributed by atoms with van der Waals surface area (Å²) in [6.07, 6.45) is 1.73. The van der Waals surface area contributed by atoms with Crippen LogP contribution in [0.1, 0.15) is 5.82 Å². The molecule has 0 unspecified atom stereocenters. The molecular formula is C11H15N5O2S. The van der Waals surface area contributed by atoms with E-state index in [1.165, 1.54) is 18.9 Å². The van der Waals surface area contributed by atoms with Crippen LogP contribution in [0.2, 0.25) is 0 Å². The highest BCUT2D eigenvalue weighted by Crippen LogP contribution is 2.20. The minimum atomic E-state index is -0.250. The number of nitrogens with one attached hydrogen (secondary N) is 1. The third kappa shape index (κ3) is 2.95. The molecule has 0 fully saturated rings. The largest absolute Gasteiger partial charge is 0.468 e. The predicted molar refractivity (Wildman–Crippen MR) is 74.0 cm³/mol. The molecule has 0 atom stereocenters. The number of esters is 1. The van der Waals surface area contributed by atoms with Gasteiger partial charge >= 0.3 is 5.97 Å². The molecule has 0 saturated carbocycles. The number of hydrogen-bond donors (Lipinski definition) is 1. The van der Waals surface area contributed by atoms with Gasteiger partial charge in [0.15, 0.2) is 5.65 Å². The summed E-state index contributed by atoms with van der Waals surface area (Å²) in [5.74, 6) is 1.99. The average Bonchev–Trinajstić information content (AvgIpc) is 2.79. The van der Waals surface area contributed by atoms with Gasteiger partial charge in [0.1, 0.15) is 11.6 Å². The third-order valence-corrected chi connectivity index (χ3v) is 3.46. The van der Waals surface area contributed by atoms with E-state index in [1.807, 2.05) is 7.05 Å². The molecule has 0 saturated heterocycles. The monoisotopic (exact) mass is 281 g/mol. The fraction of sp³-hybridized carbons (Fsp3) is 0.455. The summed E-state index contributed by atoms with van der Waals surface area (Å²) in [6, 6.07) is 0. The molecule has 0 bridgehead atoms. The van der Waals surface area contributed by atoms with Crippen molar-refractivity contribution in [2.75, 3.05) is 25.2 Å². The van der Waals surface area contributed by atoms with Crippen LogP contribution in [0.4, 0.5) is 5.82 Å². The van der Waals surface area contributed by atoms with Crippen molar-refractivity contribution in [2.24, 2.45) is 7.05 Å². The number of anilines is 1. The number of ether oxygens (including phenoxy) is 1. The van der Waals surface area contributed by atoms with E-state index < -0.39 is 0 Å². The van der Waals surface area contributed by atoms with Gasteiger partial charge in [-0.05, 0) is 0 Å². The molecule has 0 aliphatic heterocycles. The van der Waals surface area contributed by atoms with Crippen LogP contribution in [-0.4, -0.2) is 45.6 Å². The van der Waals surface area contributed by atoms with Gasteiger partial charge in [-0.15, -0.1) is 11.8 Å². The SMILES string of the molecule is CNc1nc(CSCC(=O)OC)nc2c1cnn2C. The predicted octanol–water partition coefficient (Wildman–Crippen LogP) is 0.811. The lowest BCUT2D eigenvalue weighted by atomic mass is 10.4. The molecule has 0 spiro atoms. The Hall–Kier alpha value is -1.83. The van der Waals surface area contributed by atoms with Crippen molar-refractivity contribution in [3.63, 3.8) is 0 Å². The van der Waals surface area contributed by atoms with Crippen LogP contribution in [-0.2, 0) is 22.3 Å². The number of fused-ring (bicyclic) bond motifs is 1. The molecule has 102 valence electrons. The molecule has 2 heterocycles. The highest BCUT2D eigenvalue weighted by Gasteiger charge is 2.11. The maximum absolute atomic E-state index is 11.0. The summed E-state index contributed by atoms with van der Waals surface area (Å²) in [6.45, 7) is 0. The van der Waals surface area contributed by atoms with Gasteiger partial charge in [-0.1, -0.05) is 0 Å². The fourth-order valence-electron chi connectivity index (χ4n) is 1.61. The molecule has 0 aliphatic carbocycles. The number of aromatic nitrogens is 4. The molecule has 8 heteroatoms. The van der Waals surface area contributed by atoms with E-state index >= 15 is 0 Å². The molecule has 19 heavy (non-hydrogen) atoms. The Morgan fingerprint density at radius 3 is 3.00 bits per heavy atom. The zero-order valence-corrected chi connectivity index (χ0v) is 11.8. The fourth-order valence-corrected chi connectivity index (χ4v) is 2.31. The Morgan fingerprint density at radius 1 is 1.53 bits per heavy atom. The van der Waals surface area contributed by atoms with Crippen molar-refractivity contribution < 1.29 is 9.53 Å². The summed E-state index contributed by atoms with van der Waals surface area (Å²) in [7, 11) is 5.01. The molecule has 0 aromatic carbocycles. The second-order valence-electron chi connectivity index (χ2n) is 3.81. The number of methoxy groups -OCH3 is 1. The van der Waals surface area contributed by atoms with Crippen LogP contribution in [0.15, 0.2) is 6.20 Å². The quantitative estimate of drug-likeness (QED) is 0.812. The van der Waals surface area contributed by atoms with E-state index in [9.17, 15) is 4.79 Å². The molecule has 2 aromatic rings. The Labute approximate surface area is 114 Å². The Balaban J connectivity index is 2.19. The first-order chi connectivity index (χ1) is 9.15. The smallest absolute Gasteiger partial charge is 0.315 e. The van der Waals surface area contributed by atoms with Crippen molar-refractivity contribution in [1.82, 2.24) is 19.7 Å². The third-order valence-electron chi connectivity index (χ3n) is 2.55. The van der Waals surface area contributed by atoms with Gasteiger partial charge in [-0.25, -0.2) is 9.97 Å². The summed E-state index contributed by atoms with van der Waals surface area (Å²) in [5.41, 5.74) is 0.771. The normalized spacial score (nSPS) is 10.7. The number of thioether (sulfide) groups is 1. The summed E-state index contributed by atoms with van der Waals surface area (Å²) in [5, 5.41) is 8.07. The van der Waals surface area contributed by atoms with Crippen LogP contribution in [0, 0.1) is 0 Å². The number of hydrogen-bond acceptors (Lipinski definition) is 7. The number of nitrogens with zero attached hydrogens (tertiary/aromatic N) is 4. The first-order valence-electron chi connectivity index (χ1n) is 5.66. The van der Waals surface area contributed by atoms with E-state index in [-0.39, 0.29) is 11.7 Å². The summed E-state index contributed by atoms with van der Waals surface area (Å²) in [4.78, 5) is 19.9. The minimum Gasteiger partial charge on any atom is -0.468 e. The van der Waals surface area contributed by atoms with Crippen molar-refractivity contribution in [3.05, 3.63) is 12.0 Å². The van der Waals surface area contributed by atoms with Crippen molar-refractivity contribution in [2.45, 2.75) is 5.75 Å². The van der Waals surface area contributed by atoms with Gasteiger partial charge in [-0.2, -0.15) is 5.10 Å². The van der Waals surface area contributed by atoms with Crippen LogP contribution < -0.4 is 5.32 Å². The first-order valence-corrected chi connectivity index (χ1v) is 6.82. The van der Waals surface area contributed by atoms with Crippen LogP contribution in [0.5, 0.6) is 0 Å². The zero-order chi connectivity index (χ0) is 13.8. The standard InChI is InChI=1S/C11H15N5O2S/c1-12-10-7-4-13-16(2)11(7)15-8(14-10)5-19-6-9(17)18-3/h4H,5-6H2,1-3H3,(H,12,14,15).